The Morgan fingerprint density at radius 3 is 2.29 bits per heavy atom. The number of ether oxygens (including phenoxy) is 1. The van der Waals surface area contributed by atoms with E-state index in [9.17, 15) is 27.3 Å². The van der Waals surface area contributed by atoms with Gasteiger partial charge in [0.15, 0.2) is 11.6 Å². The van der Waals surface area contributed by atoms with E-state index in [2.05, 4.69) is 5.32 Å². The summed E-state index contributed by atoms with van der Waals surface area (Å²) in [6.45, 7) is 0.750. The predicted molar refractivity (Wildman–Crippen MR) is 83.7 cm³/mol. The number of nitro groups is 1. The normalized spacial score (nSPS) is 17.5. The lowest BCUT2D eigenvalue weighted by molar-refractivity contribution is -0.385. The highest BCUT2D eigenvalue weighted by molar-refractivity contribution is 7.90. The molecule has 2 rings (SSSR count). The molecular weight excluding hydrogens is 346 g/mol. The Labute approximate surface area is 138 Å². The van der Waals surface area contributed by atoms with E-state index in [4.69, 9.17) is 4.74 Å². The highest BCUT2D eigenvalue weighted by Gasteiger charge is 2.36. The van der Waals surface area contributed by atoms with Crippen LogP contribution in [0.2, 0.25) is 0 Å². The molecule has 10 heteroatoms. The average molecular weight is 364 g/mol. The zero-order valence-electron chi connectivity index (χ0n) is 13.0. The molecule has 134 valence electrons. The first kappa shape index (κ1) is 18.5. The molecule has 7 nitrogen and oxygen atoms in total. The number of nitrogens with zero attached hydrogens (tertiary/aromatic N) is 1. The maximum Gasteiger partial charge on any atom is 0.275 e. The molecule has 0 bridgehead atoms. The molecule has 1 aliphatic rings. The second-order valence-corrected chi connectivity index (χ2v) is 8.22. The summed E-state index contributed by atoms with van der Waals surface area (Å²) in [4.78, 5) is 9.71. The summed E-state index contributed by atoms with van der Waals surface area (Å²) in [5.41, 5.74) is -1.89. The second kappa shape index (κ2) is 6.98. The standard InChI is InChI=1S/C14H18F2N2O5S/c1-24(21,22)9-14(2-4-23-5-3-14)8-17-13-11(15)6-10(18(19)20)7-12(13)16/h6-7,17H,2-5,8-9H2,1H3. The molecule has 1 aromatic carbocycles. The highest BCUT2D eigenvalue weighted by Crippen LogP contribution is 2.34. The van der Waals surface area contributed by atoms with Crippen molar-refractivity contribution in [1.29, 1.82) is 0 Å². The van der Waals surface area contributed by atoms with Crippen LogP contribution in [0.25, 0.3) is 0 Å². The number of benzene rings is 1. The third-order valence-electron chi connectivity index (χ3n) is 4.00. The van der Waals surface area contributed by atoms with E-state index in [1.54, 1.807) is 0 Å². The Hall–Kier alpha value is -1.81. The first-order valence-electron chi connectivity index (χ1n) is 7.25. The van der Waals surface area contributed by atoms with Gasteiger partial charge in [0.05, 0.1) is 22.8 Å². The van der Waals surface area contributed by atoms with Gasteiger partial charge in [-0.25, -0.2) is 17.2 Å². The molecule has 0 aromatic heterocycles. The predicted octanol–water partition coefficient (Wildman–Crippen LogP) is 2.13. The number of anilines is 1. The minimum absolute atomic E-state index is 0.0229. The van der Waals surface area contributed by atoms with Gasteiger partial charge in [0.25, 0.3) is 5.69 Å². The van der Waals surface area contributed by atoms with Gasteiger partial charge in [0, 0.05) is 31.4 Å². The maximum absolute atomic E-state index is 13.9. The molecule has 1 aliphatic heterocycles. The molecule has 1 aromatic rings. The van der Waals surface area contributed by atoms with Gasteiger partial charge in [0.2, 0.25) is 0 Å². The highest BCUT2D eigenvalue weighted by atomic mass is 32.2. The molecule has 1 fully saturated rings. The van der Waals surface area contributed by atoms with Crippen molar-refractivity contribution in [2.45, 2.75) is 12.8 Å². The zero-order valence-corrected chi connectivity index (χ0v) is 13.9. The Morgan fingerprint density at radius 1 is 1.29 bits per heavy atom. The molecule has 0 unspecified atom stereocenters. The first-order valence-corrected chi connectivity index (χ1v) is 9.31. The third kappa shape index (κ3) is 4.60. The van der Waals surface area contributed by atoms with E-state index in [1.165, 1.54) is 0 Å². The molecule has 0 atom stereocenters. The number of hydrogen-bond donors (Lipinski definition) is 1. The SMILES string of the molecule is CS(=O)(=O)CC1(CNc2c(F)cc([N+](=O)[O-])cc2F)CCOCC1. The van der Waals surface area contributed by atoms with Gasteiger partial charge in [-0.3, -0.25) is 10.1 Å². The fraction of sp³-hybridized carbons (Fsp3) is 0.571. The Balaban J connectivity index is 2.22. The number of hydrogen-bond acceptors (Lipinski definition) is 6. The van der Waals surface area contributed by atoms with Crippen LogP contribution in [-0.4, -0.2) is 45.1 Å². The monoisotopic (exact) mass is 364 g/mol. The van der Waals surface area contributed by atoms with Crippen LogP contribution in [0.3, 0.4) is 0 Å². The van der Waals surface area contributed by atoms with Gasteiger partial charge in [0.1, 0.15) is 15.5 Å². The van der Waals surface area contributed by atoms with E-state index in [-0.39, 0.29) is 12.3 Å². The summed E-state index contributed by atoms with van der Waals surface area (Å²) in [6, 6.07) is 1.25. The lowest BCUT2D eigenvalue weighted by Gasteiger charge is -2.37. The topological polar surface area (TPSA) is 98.5 Å². The Bertz CT molecular complexity index is 710. The van der Waals surface area contributed by atoms with Crippen LogP contribution in [0.15, 0.2) is 12.1 Å². The van der Waals surface area contributed by atoms with Gasteiger partial charge < -0.3 is 10.1 Å². The number of halogens is 2. The first-order chi connectivity index (χ1) is 11.1. The quantitative estimate of drug-likeness (QED) is 0.613. The smallest absolute Gasteiger partial charge is 0.275 e. The summed E-state index contributed by atoms with van der Waals surface area (Å²) < 4.78 is 56.5. The zero-order chi connectivity index (χ0) is 18.0. The largest absolute Gasteiger partial charge is 0.381 e. The number of nitrogens with one attached hydrogen (secondary N) is 1. The lowest BCUT2D eigenvalue weighted by atomic mass is 9.82. The van der Waals surface area contributed by atoms with E-state index >= 15 is 0 Å². The summed E-state index contributed by atoms with van der Waals surface area (Å²) in [5, 5.41) is 13.2. The summed E-state index contributed by atoms with van der Waals surface area (Å²) in [7, 11) is -3.30. The maximum atomic E-state index is 13.9. The van der Waals surface area contributed by atoms with Crippen molar-refractivity contribution >= 4 is 21.2 Å². The third-order valence-corrected chi connectivity index (χ3v) is 5.14. The fourth-order valence-corrected chi connectivity index (χ4v) is 4.35. The number of non-ortho nitro benzene ring substituents is 1. The van der Waals surface area contributed by atoms with Crippen LogP contribution in [-0.2, 0) is 14.6 Å². The van der Waals surface area contributed by atoms with Crippen molar-refractivity contribution in [3.8, 4) is 0 Å². The van der Waals surface area contributed by atoms with Crippen LogP contribution >= 0.6 is 0 Å². The van der Waals surface area contributed by atoms with Crippen LogP contribution in [0.1, 0.15) is 12.8 Å². The van der Waals surface area contributed by atoms with E-state index in [0.29, 0.717) is 38.2 Å². The van der Waals surface area contributed by atoms with E-state index in [0.717, 1.165) is 6.26 Å². The molecule has 1 heterocycles. The fourth-order valence-electron chi connectivity index (χ4n) is 2.84. The molecule has 0 spiro atoms. The van der Waals surface area contributed by atoms with Gasteiger partial charge in [-0.1, -0.05) is 0 Å². The number of rotatable bonds is 6. The van der Waals surface area contributed by atoms with Gasteiger partial charge in [-0.05, 0) is 12.8 Å². The average Bonchev–Trinajstić information content (AvgIpc) is 2.45. The number of sulfone groups is 1. The van der Waals surface area contributed by atoms with Crippen LogP contribution in [0.5, 0.6) is 0 Å². The minimum atomic E-state index is -3.30. The van der Waals surface area contributed by atoms with Crippen LogP contribution in [0, 0.1) is 27.2 Å². The molecule has 1 saturated heterocycles. The van der Waals surface area contributed by atoms with Crippen molar-refractivity contribution in [3.05, 3.63) is 33.9 Å². The van der Waals surface area contributed by atoms with Crippen molar-refractivity contribution < 1.29 is 26.9 Å². The van der Waals surface area contributed by atoms with Crippen molar-refractivity contribution in [1.82, 2.24) is 0 Å². The molecule has 0 aliphatic carbocycles. The Kier molecular flexibility index (Phi) is 5.38. The molecule has 1 N–H and O–H groups in total. The summed E-state index contributed by atoms with van der Waals surface area (Å²) >= 11 is 0. The van der Waals surface area contributed by atoms with E-state index in [1.807, 2.05) is 0 Å². The van der Waals surface area contributed by atoms with Gasteiger partial charge >= 0.3 is 0 Å². The van der Waals surface area contributed by atoms with Crippen LogP contribution in [0.4, 0.5) is 20.2 Å². The molecule has 24 heavy (non-hydrogen) atoms. The van der Waals surface area contributed by atoms with Crippen molar-refractivity contribution in [3.63, 3.8) is 0 Å². The lowest BCUT2D eigenvalue weighted by Crippen LogP contribution is -2.41. The molecule has 0 saturated carbocycles. The van der Waals surface area contributed by atoms with Crippen LogP contribution < -0.4 is 5.32 Å². The summed E-state index contributed by atoms with van der Waals surface area (Å²) in [6.07, 6.45) is 1.98. The van der Waals surface area contributed by atoms with Gasteiger partial charge in [-0.2, -0.15) is 0 Å². The molecule has 0 radical (unpaired) electrons. The minimum Gasteiger partial charge on any atom is -0.381 e. The number of nitro benzene ring substituents is 1. The molecular formula is C14H18F2N2O5S. The van der Waals surface area contributed by atoms with Crippen molar-refractivity contribution in [2.75, 3.05) is 37.1 Å². The Morgan fingerprint density at radius 2 is 1.83 bits per heavy atom. The van der Waals surface area contributed by atoms with Gasteiger partial charge in [-0.15, -0.1) is 0 Å². The van der Waals surface area contributed by atoms with E-state index < -0.39 is 43.2 Å². The summed E-state index contributed by atoms with van der Waals surface area (Å²) in [5.74, 6) is -2.32. The second-order valence-electron chi connectivity index (χ2n) is 6.08. The van der Waals surface area contributed by atoms with Crippen molar-refractivity contribution in [2.24, 2.45) is 5.41 Å². The molecule has 0 amide bonds.